The van der Waals surface area contributed by atoms with Crippen LogP contribution in [0.2, 0.25) is 0 Å². The predicted octanol–water partition coefficient (Wildman–Crippen LogP) is -0.641. The Morgan fingerprint density at radius 2 is 1.87 bits per heavy atom. The van der Waals surface area contributed by atoms with Gasteiger partial charge in [-0.2, -0.15) is 0 Å². The van der Waals surface area contributed by atoms with Crippen molar-refractivity contribution in [1.29, 1.82) is 0 Å². The molecule has 0 atom stereocenters. The Hall–Kier alpha value is -1.59. The number of carbonyl (C=O) groups excluding carboxylic acids is 3. The number of amides is 4. The van der Waals surface area contributed by atoms with Gasteiger partial charge in [-0.15, -0.1) is 0 Å². The molecule has 4 amide bonds. The molecule has 1 rings (SSSR count). The molecular formula is C9H15N3O3. The summed E-state index contributed by atoms with van der Waals surface area (Å²) in [5.41, 5.74) is 0. The van der Waals surface area contributed by atoms with Crippen LogP contribution in [0.1, 0.15) is 6.92 Å². The van der Waals surface area contributed by atoms with Crippen molar-refractivity contribution in [3.8, 4) is 0 Å². The summed E-state index contributed by atoms with van der Waals surface area (Å²) in [6.07, 6.45) is 0. The average Bonchev–Trinajstić information content (AvgIpc) is 2.15. The Bertz CT molecular complexity index is 301. The number of urea groups is 1. The van der Waals surface area contributed by atoms with E-state index >= 15 is 0 Å². The maximum Gasteiger partial charge on any atom is 0.320 e. The predicted molar refractivity (Wildman–Crippen MR) is 53.1 cm³/mol. The standard InChI is InChI=1S/C9H15N3O3/c1-7(13)12-5-4-11(6-8(12)14)9(15)10(2)3/h4-6H2,1-3H3. The highest BCUT2D eigenvalue weighted by Crippen LogP contribution is 2.05. The highest BCUT2D eigenvalue weighted by Gasteiger charge is 2.29. The van der Waals surface area contributed by atoms with Crippen molar-refractivity contribution in [2.45, 2.75) is 6.92 Å². The Morgan fingerprint density at radius 3 is 2.27 bits per heavy atom. The second-order valence-electron chi connectivity index (χ2n) is 3.66. The fourth-order valence-electron chi connectivity index (χ4n) is 1.45. The molecule has 1 aliphatic rings. The third kappa shape index (κ3) is 2.45. The molecule has 0 aromatic carbocycles. The molecule has 0 spiro atoms. The van der Waals surface area contributed by atoms with E-state index in [1.165, 1.54) is 21.6 Å². The average molecular weight is 213 g/mol. The second-order valence-corrected chi connectivity index (χ2v) is 3.66. The summed E-state index contributed by atoms with van der Waals surface area (Å²) in [7, 11) is 3.26. The zero-order valence-electron chi connectivity index (χ0n) is 9.19. The fourth-order valence-corrected chi connectivity index (χ4v) is 1.45. The molecule has 1 heterocycles. The van der Waals surface area contributed by atoms with Crippen molar-refractivity contribution < 1.29 is 14.4 Å². The summed E-state index contributed by atoms with van der Waals surface area (Å²) in [4.78, 5) is 38.0. The van der Waals surface area contributed by atoms with Gasteiger partial charge < -0.3 is 9.80 Å². The van der Waals surface area contributed by atoms with E-state index in [0.29, 0.717) is 6.54 Å². The van der Waals surface area contributed by atoms with Crippen LogP contribution in [-0.2, 0) is 9.59 Å². The van der Waals surface area contributed by atoms with Crippen molar-refractivity contribution >= 4 is 17.8 Å². The van der Waals surface area contributed by atoms with Crippen LogP contribution in [0.3, 0.4) is 0 Å². The molecule has 1 saturated heterocycles. The van der Waals surface area contributed by atoms with Gasteiger partial charge in [0.1, 0.15) is 6.54 Å². The zero-order valence-corrected chi connectivity index (χ0v) is 9.19. The zero-order chi connectivity index (χ0) is 11.6. The molecule has 0 bridgehead atoms. The van der Waals surface area contributed by atoms with Crippen molar-refractivity contribution in [2.75, 3.05) is 33.7 Å². The Labute approximate surface area is 88.4 Å². The summed E-state index contributed by atoms with van der Waals surface area (Å²) in [5.74, 6) is -0.582. The number of imide groups is 1. The van der Waals surface area contributed by atoms with Crippen molar-refractivity contribution in [2.24, 2.45) is 0 Å². The minimum absolute atomic E-state index is 0.0173. The van der Waals surface area contributed by atoms with E-state index in [1.807, 2.05) is 0 Å². The lowest BCUT2D eigenvalue weighted by atomic mass is 10.3. The van der Waals surface area contributed by atoms with Gasteiger partial charge in [-0.1, -0.05) is 0 Å². The molecule has 0 N–H and O–H groups in total. The monoisotopic (exact) mass is 213 g/mol. The molecule has 0 unspecified atom stereocenters. The smallest absolute Gasteiger partial charge is 0.320 e. The maximum absolute atomic E-state index is 11.5. The van der Waals surface area contributed by atoms with Gasteiger partial charge in [0.05, 0.1) is 0 Å². The van der Waals surface area contributed by atoms with Gasteiger partial charge >= 0.3 is 6.03 Å². The van der Waals surface area contributed by atoms with Crippen LogP contribution in [0.4, 0.5) is 4.79 Å². The molecule has 0 aliphatic carbocycles. The third-order valence-electron chi connectivity index (χ3n) is 2.25. The molecule has 6 nitrogen and oxygen atoms in total. The summed E-state index contributed by atoms with van der Waals surface area (Å²) in [6.45, 7) is 2.02. The van der Waals surface area contributed by atoms with E-state index in [4.69, 9.17) is 0 Å². The van der Waals surface area contributed by atoms with Crippen LogP contribution >= 0.6 is 0 Å². The number of rotatable bonds is 0. The van der Waals surface area contributed by atoms with Gasteiger partial charge in [-0.05, 0) is 0 Å². The highest BCUT2D eigenvalue weighted by atomic mass is 16.2. The molecule has 15 heavy (non-hydrogen) atoms. The lowest BCUT2D eigenvalue weighted by molar-refractivity contribution is -0.146. The Morgan fingerprint density at radius 1 is 1.27 bits per heavy atom. The fraction of sp³-hybridized carbons (Fsp3) is 0.667. The van der Waals surface area contributed by atoms with Crippen molar-refractivity contribution in [3.63, 3.8) is 0 Å². The van der Waals surface area contributed by atoms with E-state index in [-0.39, 0.29) is 30.9 Å². The van der Waals surface area contributed by atoms with E-state index in [0.717, 1.165) is 0 Å². The molecule has 0 aromatic rings. The van der Waals surface area contributed by atoms with Crippen LogP contribution in [0, 0.1) is 0 Å². The molecule has 0 radical (unpaired) electrons. The third-order valence-corrected chi connectivity index (χ3v) is 2.25. The summed E-state index contributed by atoms with van der Waals surface area (Å²) < 4.78 is 0. The van der Waals surface area contributed by atoms with Crippen molar-refractivity contribution in [3.05, 3.63) is 0 Å². The van der Waals surface area contributed by atoms with Gasteiger partial charge in [0.15, 0.2) is 0 Å². The topological polar surface area (TPSA) is 60.9 Å². The molecular weight excluding hydrogens is 198 g/mol. The lowest BCUT2D eigenvalue weighted by Crippen LogP contribution is -2.55. The van der Waals surface area contributed by atoms with Gasteiger partial charge in [0.25, 0.3) is 0 Å². The number of hydrogen-bond donors (Lipinski definition) is 0. The number of carbonyl (C=O) groups is 3. The highest BCUT2D eigenvalue weighted by molar-refractivity contribution is 5.97. The quantitative estimate of drug-likeness (QED) is 0.537. The summed E-state index contributed by atoms with van der Waals surface area (Å²) in [6, 6.07) is -0.202. The van der Waals surface area contributed by atoms with Gasteiger partial charge in [0.2, 0.25) is 11.8 Å². The van der Waals surface area contributed by atoms with Gasteiger partial charge in [-0.25, -0.2) is 4.79 Å². The molecule has 1 aliphatic heterocycles. The largest absolute Gasteiger partial charge is 0.331 e. The Balaban J connectivity index is 2.62. The van der Waals surface area contributed by atoms with Crippen LogP contribution in [0.15, 0.2) is 0 Å². The number of nitrogens with zero attached hydrogens (tertiary/aromatic N) is 3. The first kappa shape index (κ1) is 11.5. The second kappa shape index (κ2) is 4.29. The number of hydrogen-bond acceptors (Lipinski definition) is 3. The molecule has 1 fully saturated rings. The van der Waals surface area contributed by atoms with Gasteiger partial charge in [0, 0.05) is 34.1 Å². The molecule has 0 aromatic heterocycles. The lowest BCUT2D eigenvalue weighted by Gasteiger charge is -2.33. The minimum Gasteiger partial charge on any atom is -0.331 e. The van der Waals surface area contributed by atoms with Crippen LogP contribution in [-0.4, -0.2) is 66.3 Å². The molecule has 0 saturated carbocycles. The van der Waals surface area contributed by atoms with Crippen molar-refractivity contribution in [1.82, 2.24) is 14.7 Å². The first-order valence-electron chi connectivity index (χ1n) is 4.70. The number of piperazine rings is 1. The minimum atomic E-state index is -0.316. The van der Waals surface area contributed by atoms with Crippen LogP contribution in [0.25, 0.3) is 0 Å². The summed E-state index contributed by atoms with van der Waals surface area (Å²) >= 11 is 0. The van der Waals surface area contributed by atoms with E-state index in [1.54, 1.807) is 14.1 Å². The van der Waals surface area contributed by atoms with E-state index < -0.39 is 0 Å². The first-order valence-corrected chi connectivity index (χ1v) is 4.70. The van der Waals surface area contributed by atoms with E-state index in [2.05, 4.69) is 0 Å². The van der Waals surface area contributed by atoms with E-state index in [9.17, 15) is 14.4 Å². The van der Waals surface area contributed by atoms with Crippen LogP contribution < -0.4 is 0 Å². The Kier molecular flexibility index (Phi) is 3.28. The van der Waals surface area contributed by atoms with Crippen LogP contribution in [0.5, 0.6) is 0 Å². The summed E-state index contributed by atoms with van der Waals surface area (Å²) in [5, 5.41) is 0. The molecule has 84 valence electrons. The first-order chi connectivity index (χ1) is 6.93. The molecule has 6 heteroatoms. The normalized spacial score (nSPS) is 16.6. The van der Waals surface area contributed by atoms with Gasteiger partial charge in [-0.3, -0.25) is 14.5 Å². The SMILES string of the molecule is CC(=O)N1CCN(C(=O)N(C)C)CC1=O. The maximum atomic E-state index is 11.5.